The molecule has 0 radical (unpaired) electrons. The van der Waals surface area contributed by atoms with Gasteiger partial charge in [-0.2, -0.15) is 0 Å². The number of carbonyl (C=O) groups is 1. The molecule has 0 spiro atoms. The summed E-state index contributed by atoms with van der Waals surface area (Å²) in [5, 5.41) is 2.99. The van der Waals surface area contributed by atoms with Crippen LogP contribution in [-0.4, -0.2) is 31.5 Å². The van der Waals surface area contributed by atoms with E-state index in [0.29, 0.717) is 12.2 Å². The minimum atomic E-state index is -0.326. The van der Waals surface area contributed by atoms with Crippen LogP contribution in [0.25, 0.3) is 0 Å². The van der Waals surface area contributed by atoms with Gasteiger partial charge in [0, 0.05) is 24.8 Å². The van der Waals surface area contributed by atoms with Crippen LogP contribution in [0, 0.1) is 12.7 Å². The maximum atomic E-state index is 13.3. The number of likely N-dealkylation sites (N-methyl/N-ethyl adjacent to an activating group) is 1. The number of nitrogens with zero attached hydrogens (tertiary/aromatic N) is 1. The summed E-state index contributed by atoms with van der Waals surface area (Å²) in [6.07, 6.45) is 0. The Morgan fingerprint density at radius 1 is 1.26 bits per heavy atom. The van der Waals surface area contributed by atoms with Gasteiger partial charge in [-0.25, -0.2) is 4.39 Å². The zero-order chi connectivity index (χ0) is 16.8. The van der Waals surface area contributed by atoms with Gasteiger partial charge >= 0.3 is 0 Å². The van der Waals surface area contributed by atoms with Crippen molar-refractivity contribution in [2.75, 3.05) is 26.0 Å². The Kier molecular flexibility index (Phi) is 5.57. The minimum Gasteiger partial charge on any atom is -0.496 e. The van der Waals surface area contributed by atoms with E-state index in [1.807, 2.05) is 31.2 Å². The molecule has 0 saturated carbocycles. The van der Waals surface area contributed by atoms with Gasteiger partial charge in [0.1, 0.15) is 11.6 Å². The van der Waals surface area contributed by atoms with E-state index in [1.165, 1.54) is 12.1 Å². The number of aryl methyl sites for hydroxylation is 1. The fourth-order valence-corrected chi connectivity index (χ4v) is 2.27. The zero-order valence-corrected chi connectivity index (χ0v) is 13.6. The summed E-state index contributed by atoms with van der Waals surface area (Å²) < 4.78 is 18.5. The molecule has 0 atom stereocenters. The molecule has 1 N–H and O–H groups in total. The van der Waals surface area contributed by atoms with Gasteiger partial charge in [0.2, 0.25) is 5.91 Å². The monoisotopic (exact) mass is 316 g/mol. The van der Waals surface area contributed by atoms with Gasteiger partial charge in [-0.3, -0.25) is 4.79 Å². The highest BCUT2D eigenvalue weighted by molar-refractivity contribution is 5.81. The quantitative estimate of drug-likeness (QED) is 0.890. The summed E-state index contributed by atoms with van der Waals surface area (Å²) in [4.78, 5) is 13.9. The van der Waals surface area contributed by atoms with Crippen LogP contribution in [0.5, 0.6) is 5.75 Å². The van der Waals surface area contributed by atoms with Gasteiger partial charge < -0.3 is 15.0 Å². The first kappa shape index (κ1) is 16.8. The Morgan fingerprint density at radius 3 is 2.74 bits per heavy atom. The van der Waals surface area contributed by atoms with Crippen molar-refractivity contribution in [1.82, 2.24) is 4.90 Å². The predicted molar refractivity (Wildman–Crippen MR) is 89.1 cm³/mol. The zero-order valence-electron chi connectivity index (χ0n) is 13.6. The highest BCUT2D eigenvalue weighted by Crippen LogP contribution is 2.19. The smallest absolute Gasteiger partial charge is 0.241 e. The lowest BCUT2D eigenvalue weighted by Crippen LogP contribution is -2.32. The molecule has 0 aliphatic rings. The average Bonchev–Trinajstić information content (AvgIpc) is 2.55. The van der Waals surface area contributed by atoms with Crippen molar-refractivity contribution in [2.24, 2.45) is 0 Å². The van der Waals surface area contributed by atoms with Crippen LogP contribution in [0.3, 0.4) is 0 Å². The summed E-state index contributed by atoms with van der Waals surface area (Å²) in [5.74, 6) is 0.341. The number of hydrogen-bond donors (Lipinski definition) is 1. The van der Waals surface area contributed by atoms with Crippen LogP contribution in [0.15, 0.2) is 42.5 Å². The molecule has 0 heterocycles. The normalized spacial score (nSPS) is 10.3. The Balaban J connectivity index is 1.96. The Hall–Kier alpha value is -2.56. The van der Waals surface area contributed by atoms with E-state index in [0.717, 1.165) is 16.9 Å². The second kappa shape index (κ2) is 7.63. The first-order valence-corrected chi connectivity index (χ1v) is 7.37. The van der Waals surface area contributed by atoms with Gasteiger partial charge in [0.05, 0.1) is 13.7 Å². The first-order chi connectivity index (χ1) is 11.0. The van der Waals surface area contributed by atoms with Gasteiger partial charge in [0.25, 0.3) is 0 Å². The third-order valence-electron chi connectivity index (χ3n) is 3.66. The molecule has 0 saturated heterocycles. The highest BCUT2D eigenvalue weighted by atomic mass is 19.1. The molecular weight excluding hydrogens is 295 g/mol. The van der Waals surface area contributed by atoms with Crippen molar-refractivity contribution in [3.63, 3.8) is 0 Å². The first-order valence-electron chi connectivity index (χ1n) is 7.37. The van der Waals surface area contributed by atoms with Crippen LogP contribution >= 0.6 is 0 Å². The number of amides is 1. The van der Waals surface area contributed by atoms with E-state index >= 15 is 0 Å². The number of methoxy groups -OCH3 is 1. The molecule has 0 aliphatic carbocycles. The number of benzene rings is 2. The minimum absolute atomic E-state index is 0.0837. The number of para-hydroxylation sites is 1. The van der Waals surface area contributed by atoms with Crippen LogP contribution in [0.4, 0.5) is 10.1 Å². The molecule has 2 aromatic rings. The second-order valence-electron chi connectivity index (χ2n) is 5.37. The Morgan fingerprint density at radius 2 is 2.00 bits per heavy atom. The third kappa shape index (κ3) is 4.45. The van der Waals surface area contributed by atoms with Crippen LogP contribution in [-0.2, 0) is 11.3 Å². The van der Waals surface area contributed by atoms with E-state index in [9.17, 15) is 9.18 Å². The van der Waals surface area contributed by atoms with Crippen molar-refractivity contribution in [2.45, 2.75) is 13.5 Å². The lowest BCUT2D eigenvalue weighted by atomic mass is 10.2. The second-order valence-corrected chi connectivity index (χ2v) is 5.37. The molecule has 0 fully saturated rings. The number of hydrogen-bond acceptors (Lipinski definition) is 3. The van der Waals surface area contributed by atoms with Gasteiger partial charge in [0.15, 0.2) is 0 Å². The Bertz CT molecular complexity index is 688. The van der Waals surface area contributed by atoms with Crippen LogP contribution < -0.4 is 10.1 Å². The van der Waals surface area contributed by atoms with Crippen molar-refractivity contribution in [3.8, 4) is 5.75 Å². The molecule has 5 heteroatoms. The molecule has 0 aromatic heterocycles. The number of ether oxygens (including phenoxy) is 1. The molecule has 122 valence electrons. The van der Waals surface area contributed by atoms with Gasteiger partial charge in [-0.1, -0.05) is 24.3 Å². The third-order valence-corrected chi connectivity index (χ3v) is 3.66. The maximum absolute atomic E-state index is 13.3. The molecule has 0 bridgehead atoms. The molecule has 2 aromatic carbocycles. The summed E-state index contributed by atoms with van der Waals surface area (Å²) in [6, 6.07) is 12.1. The lowest BCUT2D eigenvalue weighted by Gasteiger charge is -2.19. The van der Waals surface area contributed by atoms with E-state index in [2.05, 4.69) is 5.32 Å². The molecule has 2 rings (SSSR count). The molecule has 0 aliphatic heterocycles. The fraction of sp³-hybridized carbons (Fsp3) is 0.278. The summed E-state index contributed by atoms with van der Waals surface area (Å²) >= 11 is 0. The van der Waals surface area contributed by atoms with Gasteiger partial charge in [-0.15, -0.1) is 0 Å². The van der Waals surface area contributed by atoms with E-state index in [-0.39, 0.29) is 18.3 Å². The van der Waals surface area contributed by atoms with E-state index in [4.69, 9.17) is 4.74 Å². The molecule has 1 amide bonds. The number of carbonyl (C=O) groups excluding carboxylic acids is 1. The topological polar surface area (TPSA) is 41.6 Å². The standard InChI is InChI=1S/C18H21FN2O2/c1-13-8-9-15(19)10-16(13)20-11-18(22)21(2)12-14-6-4-5-7-17(14)23-3/h4-10,20H,11-12H2,1-3H3. The van der Waals surface area contributed by atoms with Crippen molar-refractivity contribution in [1.29, 1.82) is 0 Å². The van der Waals surface area contributed by atoms with Gasteiger partial charge in [-0.05, 0) is 30.7 Å². The summed E-state index contributed by atoms with van der Waals surface area (Å²) in [6.45, 7) is 2.42. The molecule has 0 unspecified atom stereocenters. The SMILES string of the molecule is COc1ccccc1CN(C)C(=O)CNc1cc(F)ccc1C. The van der Waals surface area contributed by atoms with Crippen LogP contribution in [0.2, 0.25) is 0 Å². The molecular formula is C18H21FN2O2. The number of nitrogens with one attached hydrogen (secondary N) is 1. The number of halogens is 1. The largest absolute Gasteiger partial charge is 0.496 e. The van der Waals surface area contributed by atoms with Crippen molar-refractivity contribution >= 4 is 11.6 Å². The number of rotatable bonds is 6. The summed E-state index contributed by atoms with van der Waals surface area (Å²) in [5.41, 5.74) is 2.46. The predicted octanol–water partition coefficient (Wildman–Crippen LogP) is 3.21. The van der Waals surface area contributed by atoms with E-state index < -0.39 is 0 Å². The molecule has 23 heavy (non-hydrogen) atoms. The summed E-state index contributed by atoms with van der Waals surface area (Å²) in [7, 11) is 3.34. The van der Waals surface area contributed by atoms with E-state index in [1.54, 1.807) is 25.1 Å². The average molecular weight is 316 g/mol. The van der Waals surface area contributed by atoms with Crippen molar-refractivity contribution < 1.29 is 13.9 Å². The molecule has 4 nitrogen and oxygen atoms in total. The van der Waals surface area contributed by atoms with Crippen molar-refractivity contribution in [3.05, 3.63) is 59.4 Å². The number of anilines is 1. The fourth-order valence-electron chi connectivity index (χ4n) is 2.27. The van der Waals surface area contributed by atoms with Crippen LogP contribution in [0.1, 0.15) is 11.1 Å². The maximum Gasteiger partial charge on any atom is 0.241 e. The Labute approximate surface area is 135 Å². The lowest BCUT2D eigenvalue weighted by molar-refractivity contribution is -0.128. The highest BCUT2D eigenvalue weighted by Gasteiger charge is 2.12.